The summed E-state index contributed by atoms with van der Waals surface area (Å²) in [7, 11) is 0. The van der Waals surface area contributed by atoms with Crippen LogP contribution < -0.4 is 5.32 Å². The van der Waals surface area contributed by atoms with Crippen LogP contribution in [0.4, 0.5) is 10.1 Å². The number of nitrogens with zero attached hydrogens (tertiary/aromatic N) is 5. The second-order valence-corrected chi connectivity index (χ2v) is 7.00. The fourth-order valence-corrected chi connectivity index (χ4v) is 3.55. The molecule has 0 spiro atoms. The summed E-state index contributed by atoms with van der Waals surface area (Å²) in [5, 5.41) is 15.3. The first-order valence-corrected chi connectivity index (χ1v) is 8.95. The number of amides is 1. The van der Waals surface area contributed by atoms with Gasteiger partial charge in [0, 0.05) is 24.3 Å². The van der Waals surface area contributed by atoms with Crippen molar-refractivity contribution in [3.8, 4) is 5.69 Å². The summed E-state index contributed by atoms with van der Waals surface area (Å²) in [5.74, 6) is 0.983. The highest BCUT2D eigenvalue weighted by molar-refractivity contribution is 5.92. The minimum atomic E-state index is -0.431. The Hall–Kier alpha value is -3.03. The van der Waals surface area contributed by atoms with Gasteiger partial charge in [-0.15, -0.1) is 10.2 Å². The van der Waals surface area contributed by atoms with Gasteiger partial charge < -0.3 is 9.88 Å². The van der Waals surface area contributed by atoms with E-state index in [4.69, 9.17) is 0 Å². The average Bonchev–Trinajstić information content (AvgIpc) is 3.16. The number of carbonyl (C=O) groups excluding carboxylic acids is 1. The molecule has 140 valence electrons. The molecule has 3 aromatic rings. The zero-order chi connectivity index (χ0) is 19.1. The second kappa shape index (κ2) is 6.61. The van der Waals surface area contributed by atoms with E-state index >= 15 is 0 Å². The number of rotatable bonds is 3. The van der Waals surface area contributed by atoms with E-state index in [1.807, 2.05) is 31.4 Å². The second-order valence-electron chi connectivity index (χ2n) is 7.00. The van der Waals surface area contributed by atoms with E-state index in [1.165, 1.54) is 6.07 Å². The molecule has 7 nitrogen and oxygen atoms in total. The summed E-state index contributed by atoms with van der Waals surface area (Å²) >= 11 is 0. The van der Waals surface area contributed by atoms with Gasteiger partial charge in [0.1, 0.15) is 17.3 Å². The highest BCUT2D eigenvalue weighted by atomic mass is 19.1. The third-order valence-corrected chi connectivity index (χ3v) is 4.96. The number of benzene rings is 1. The molecule has 0 fully saturated rings. The predicted molar refractivity (Wildman–Crippen MR) is 98.2 cm³/mol. The average molecular weight is 368 g/mol. The molecule has 2 aromatic heterocycles. The van der Waals surface area contributed by atoms with Crippen molar-refractivity contribution in [1.29, 1.82) is 0 Å². The molecule has 4 rings (SSSR count). The summed E-state index contributed by atoms with van der Waals surface area (Å²) in [5.41, 5.74) is 2.48. The smallest absolute Gasteiger partial charge is 0.229 e. The van der Waals surface area contributed by atoms with Gasteiger partial charge in [-0.1, -0.05) is 0 Å². The molecule has 1 amide bonds. The largest absolute Gasteiger partial charge is 0.326 e. The van der Waals surface area contributed by atoms with Crippen LogP contribution in [-0.4, -0.2) is 30.5 Å². The van der Waals surface area contributed by atoms with Gasteiger partial charge in [0.15, 0.2) is 5.82 Å². The number of hydrogen-bond acceptors (Lipinski definition) is 4. The van der Waals surface area contributed by atoms with Crippen LogP contribution in [0.15, 0.2) is 24.3 Å². The molecule has 27 heavy (non-hydrogen) atoms. The van der Waals surface area contributed by atoms with E-state index < -0.39 is 5.82 Å². The molecule has 0 saturated heterocycles. The Labute approximate surface area is 156 Å². The Kier molecular flexibility index (Phi) is 4.25. The number of halogens is 1. The van der Waals surface area contributed by atoms with Gasteiger partial charge in [0.2, 0.25) is 5.91 Å². The van der Waals surface area contributed by atoms with Crippen LogP contribution in [0.2, 0.25) is 0 Å². The van der Waals surface area contributed by atoms with Gasteiger partial charge in [0.25, 0.3) is 0 Å². The van der Waals surface area contributed by atoms with Gasteiger partial charge in [0.05, 0.1) is 11.6 Å². The SMILES string of the molecule is Cc1cc(C)n(-c2ccc(NC(=O)C3CCc4nnc(C)n4C3)cc2F)n1. The van der Waals surface area contributed by atoms with E-state index in [-0.39, 0.29) is 11.8 Å². The molecule has 0 radical (unpaired) electrons. The lowest BCUT2D eigenvalue weighted by Gasteiger charge is -2.23. The van der Waals surface area contributed by atoms with Crippen molar-refractivity contribution in [3.63, 3.8) is 0 Å². The molecule has 1 N–H and O–H groups in total. The van der Waals surface area contributed by atoms with Crippen molar-refractivity contribution in [1.82, 2.24) is 24.5 Å². The number of fused-ring (bicyclic) bond motifs is 1. The van der Waals surface area contributed by atoms with Crippen molar-refractivity contribution in [3.05, 3.63) is 53.1 Å². The maximum absolute atomic E-state index is 14.6. The minimum Gasteiger partial charge on any atom is -0.326 e. The van der Waals surface area contributed by atoms with Gasteiger partial charge >= 0.3 is 0 Å². The zero-order valence-corrected chi connectivity index (χ0v) is 15.5. The van der Waals surface area contributed by atoms with Crippen molar-refractivity contribution < 1.29 is 9.18 Å². The van der Waals surface area contributed by atoms with E-state index in [0.29, 0.717) is 30.8 Å². The number of aryl methyl sites for hydroxylation is 4. The Morgan fingerprint density at radius 3 is 2.74 bits per heavy atom. The topological polar surface area (TPSA) is 77.6 Å². The van der Waals surface area contributed by atoms with Crippen LogP contribution in [0.1, 0.15) is 29.5 Å². The summed E-state index contributed by atoms with van der Waals surface area (Å²) in [6, 6.07) is 6.56. The third-order valence-electron chi connectivity index (χ3n) is 4.96. The van der Waals surface area contributed by atoms with Gasteiger partial charge in [-0.05, 0) is 51.5 Å². The summed E-state index contributed by atoms with van der Waals surface area (Å²) in [6.07, 6.45) is 1.42. The monoisotopic (exact) mass is 368 g/mol. The quantitative estimate of drug-likeness (QED) is 0.771. The molecule has 1 atom stereocenters. The molecule has 1 aromatic carbocycles. The van der Waals surface area contributed by atoms with Crippen LogP contribution in [-0.2, 0) is 17.8 Å². The molecular weight excluding hydrogens is 347 g/mol. The zero-order valence-electron chi connectivity index (χ0n) is 15.5. The minimum absolute atomic E-state index is 0.119. The first kappa shape index (κ1) is 17.4. The van der Waals surface area contributed by atoms with Crippen molar-refractivity contribution in [2.45, 2.75) is 40.2 Å². The molecule has 0 saturated carbocycles. The maximum Gasteiger partial charge on any atom is 0.229 e. The summed E-state index contributed by atoms with van der Waals surface area (Å²) in [6.45, 7) is 6.17. The fourth-order valence-electron chi connectivity index (χ4n) is 3.55. The highest BCUT2D eigenvalue weighted by Crippen LogP contribution is 2.23. The number of hydrogen-bond donors (Lipinski definition) is 1. The molecule has 0 aliphatic carbocycles. The summed E-state index contributed by atoms with van der Waals surface area (Å²) in [4.78, 5) is 12.6. The number of carbonyl (C=O) groups is 1. The Balaban J connectivity index is 1.50. The molecule has 0 bridgehead atoms. The van der Waals surface area contributed by atoms with Crippen LogP contribution in [0.5, 0.6) is 0 Å². The van der Waals surface area contributed by atoms with Gasteiger partial charge in [-0.25, -0.2) is 9.07 Å². The first-order valence-electron chi connectivity index (χ1n) is 8.95. The van der Waals surface area contributed by atoms with Crippen LogP contribution in [0.25, 0.3) is 5.69 Å². The van der Waals surface area contributed by atoms with Crippen molar-refractivity contribution >= 4 is 11.6 Å². The maximum atomic E-state index is 14.6. The number of nitrogens with one attached hydrogen (secondary N) is 1. The standard InChI is InChI=1S/C19H21FN6O/c1-11-8-12(2)26(24-11)17-6-5-15(9-16(17)20)21-19(27)14-4-7-18-23-22-13(3)25(18)10-14/h5-6,8-9,14H,4,7,10H2,1-3H3,(H,21,27). The van der Waals surface area contributed by atoms with E-state index in [2.05, 4.69) is 20.6 Å². The molecule has 3 heterocycles. The summed E-state index contributed by atoms with van der Waals surface area (Å²) < 4.78 is 18.1. The first-order chi connectivity index (χ1) is 12.9. The fraction of sp³-hybridized carbons (Fsp3) is 0.368. The third kappa shape index (κ3) is 3.22. The molecule has 8 heteroatoms. The molecule has 1 aliphatic rings. The Morgan fingerprint density at radius 2 is 2.04 bits per heavy atom. The number of anilines is 1. The van der Waals surface area contributed by atoms with Gasteiger partial charge in [-0.2, -0.15) is 5.10 Å². The van der Waals surface area contributed by atoms with Crippen molar-refractivity contribution in [2.75, 3.05) is 5.32 Å². The van der Waals surface area contributed by atoms with Crippen LogP contribution >= 0.6 is 0 Å². The normalized spacial score (nSPS) is 16.2. The Morgan fingerprint density at radius 1 is 1.22 bits per heavy atom. The van der Waals surface area contributed by atoms with Crippen LogP contribution in [0, 0.1) is 32.5 Å². The van der Waals surface area contributed by atoms with E-state index in [1.54, 1.807) is 16.8 Å². The lowest BCUT2D eigenvalue weighted by Crippen LogP contribution is -2.31. The van der Waals surface area contributed by atoms with E-state index in [0.717, 1.165) is 23.0 Å². The van der Waals surface area contributed by atoms with Crippen LogP contribution in [0.3, 0.4) is 0 Å². The Bertz CT molecular complexity index is 1020. The van der Waals surface area contributed by atoms with Crippen molar-refractivity contribution in [2.24, 2.45) is 5.92 Å². The molecule has 1 aliphatic heterocycles. The lowest BCUT2D eigenvalue weighted by atomic mass is 9.98. The molecule has 1 unspecified atom stereocenters. The molecular formula is C19H21FN6O. The lowest BCUT2D eigenvalue weighted by molar-refractivity contribution is -0.120. The van der Waals surface area contributed by atoms with Gasteiger partial charge in [-0.3, -0.25) is 4.79 Å². The highest BCUT2D eigenvalue weighted by Gasteiger charge is 2.27. The number of aromatic nitrogens is 5. The predicted octanol–water partition coefficient (Wildman–Crippen LogP) is 2.73. The van der Waals surface area contributed by atoms with E-state index in [9.17, 15) is 9.18 Å².